The molecular weight excluding hydrogens is 1400 g/mol. The van der Waals surface area contributed by atoms with Gasteiger partial charge in [-0.3, -0.25) is 15.0 Å². The maximum atomic E-state index is 6.50. The van der Waals surface area contributed by atoms with Crippen molar-refractivity contribution in [1.82, 2.24) is 15.0 Å². The molecule has 0 atom stereocenters. The molecule has 0 amide bonds. The Morgan fingerprint density at radius 1 is 0.198 bits per heavy atom. The number of fused-ring (bicyclic) bond motifs is 3. The summed E-state index contributed by atoms with van der Waals surface area (Å²) in [7, 11) is 0. The quantitative estimate of drug-likeness (QED) is 0.114. The van der Waals surface area contributed by atoms with Crippen LogP contribution in [0.3, 0.4) is 0 Å². The molecule has 0 unspecified atom stereocenters. The summed E-state index contributed by atoms with van der Waals surface area (Å²) in [4.78, 5) is 14.2. The molecule has 12 aromatic carbocycles. The number of nitrogens with zero attached hydrogens (tertiary/aromatic N) is 3. The van der Waals surface area contributed by atoms with Crippen LogP contribution in [0.5, 0.6) is 0 Å². The van der Waals surface area contributed by atoms with Gasteiger partial charge in [0.2, 0.25) is 0 Å². The Kier molecular flexibility index (Phi) is 19.8. The van der Waals surface area contributed by atoms with E-state index in [1.165, 1.54) is 63.9 Å². The zero-order valence-corrected chi connectivity index (χ0v) is 56.9. The largest absolute Gasteiger partial charge is 0.256 e. The summed E-state index contributed by atoms with van der Waals surface area (Å²) in [6, 6.07) is 114. The van der Waals surface area contributed by atoms with E-state index in [-0.39, 0.29) is 20.1 Å². The molecular formula is C81H60IrN3P3S3. The van der Waals surface area contributed by atoms with Crippen LogP contribution in [0.2, 0.25) is 0 Å². The molecule has 0 aliphatic carbocycles. The predicted molar refractivity (Wildman–Crippen MR) is 400 cm³/mol. The molecule has 0 saturated heterocycles. The molecule has 15 aromatic rings. The Morgan fingerprint density at radius 2 is 0.396 bits per heavy atom. The second-order valence-corrected chi connectivity index (χ2v) is 34.9. The average molecular weight is 1460 g/mol. The molecule has 1 radical (unpaired) electrons. The zero-order valence-electron chi connectivity index (χ0n) is 49.4. The SMILES string of the molecule is S=P(c1ccccc1)(c1ccccc1)c1cccc(-c2nccc3ccccc23)c1.S=P(c1ccccc1)(c1ccccc1)c1cccc(-c2nccc3ccccc23)c1.S=P(c1ccccc1)(c1ccccc1)c1cccc(-c2nccc3ccccc23)c1.[Ir]. The first-order valence-electron chi connectivity index (χ1n) is 29.8. The maximum Gasteiger partial charge on any atom is 0.0780 e. The number of hydrogen-bond acceptors (Lipinski definition) is 6. The van der Waals surface area contributed by atoms with Gasteiger partial charge in [-0.25, -0.2) is 0 Å². The summed E-state index contributed by atoms with van der Waals surface area (Å²) in [5.74, 6) is 0. The Bertz CT molecular complexity index is 4470. The second-order valence-electron chi connectivity index (χ2n) is 21.6. The third-order valence-corrected chi connectivity index (χ3v) is 31.0. The smallest absolute Gasteiger partial charge is 0.0780 e. The summed E-state index contributed by atoms with van der Waals surface area (Å²) in [5, 5.41) is 17.8. The molecule has 0 aliphatic rings. The van der Waals surface area contributed by atoms with Gasteiger partial charge in [0.15, 0.2) is 0 Å². The molecule has 10 heteroatoms. The van der Waals surface area contributed by atoms with E-state index in [9.17, 15) is 0 Å². The second kappa shape index (κ2) is 28.7. The van der Waals surface area contributed by atoms with Gasteiger partial charge in [0.25, 0.3) is 0 Å². The van der Waals surface area contributed by atoms with E-state index in [4.69, 9.17) is 50.4 Å². The minimum absolute atomic E-state index is 0. The summed E-state index contributed by atoms with van der Waals surface area (Å²) in [6.07, 6.45) is 5.65. The Labute approximate surface area is 562 Å². The third-order valence-electron chi connectivity index (χ3n) is 16.2. The molecule has 3 heterocycles. The van der Waals surface area contributed by atoms with Crippen molar-refractivity contribution < 1.29 is 20.1 Å². The van der Waals surface area contributed by atoms with E-state index in [0.29, 0.717) is 0 Å². The van der Waals surface area contributed by atoms with E-state index >= 15 is 0 Å². The fourth-order valence-electron chi connectivity index (χ4n) is 11.8. The Hall–Kier alpha value is -8.53. The molecule has 0 fully saturated rings. The Balaban J connectivity index is 0.000000131. The van der Waals surface area contributed by atoms with Crippen molar-refractivity contribution in [2.75, 3.05) is 0 Å². The molecule has 441 valence electrons. The molecule has 0 bridgehead atoms. The van der Waals surface area contributed by atoms with E-state index < -0.39 is 18.1 Å². The van der Waals surface area contributed by atoms with Crippen molar-refractivity contribution in [3.8, 4) is 33.8 Å². The molecule has 3 aromatic heterocycles. The first-order valence-corrected chi connectivity index (χ1v) is 38.2. The summed E-state index contributed by atoms with van der Waals surface area (Å²) in [6.45, 7) is 0. The van der Waals surface area contributed by atoms with Gasteiger partial charge in [0.05, 0.1) is 17.1 Å². The van der Waals surface area contributed by atoms with Gasteiger partial charge >= 0.3 is 0 Å². The normalized spacial score (nSPS) is 11.3. The van der Waals surface area contributed by atoms with Crippen LogP contribution in [0.15, 0.2) is 364 Å². The number of hydrogen-bond donors (Lipinski definition) is 0. The fourth-order valence-corrected chi connectivity index (χ4v) is 23.1. The Morgan fingerprint density at radius 3 is 0.626 bits per heavy atom. The number of aromatic nitrogens is 3. The number of rotatable bonds is 12. The van der Waals surface area contributed by atoms with Crippen molar-refractivity contribution in [3.05, 3.63) is 364 Å². The third kappa shape index (κ3) is 13.1. The van der Waals surface area contributed by atoms with Gasteiger partial charge in [-0.1, -0.05) is 345 Å². The van der Waals surface area contributed by atoms with Crippen LogP contribution in [-0.4, -0.2) is 15.0 Å². The van der Waals surface area contributed by atoms with E-state index in [2.05, 4.69) is 309 Å². The molecule has 0 aliphatic heterocycles. The van der Waals surface area contributed by atoms with Crippen molar-refractivity contribution >= 4 is 134 Å². The van der Waals surface area contributed by atoms with E-state index in [0.717, 1.165) is 49.9 Å². The van der Waals surface area contributed by atoms with Gasteiger partial charge < -0.3 is 0 Å². The predicted octanol–water partition coefficient (Wildman–Crippen LogP) is 17.0. The summed E-state index contributed by atoms with van der Waals surface area (Å²) < 4.78 is 0. The van der Waals surface area contributed by atoms with Gasteiger partial charge in [-0.15, -0.1) is 0 Å². The van der Waals surface area contributed by atoms with Gasteiger partial charge in [0.1, 0.15) is 0 Å². The van der Waals surface area contributed by atoms with Gasteiger partial charge in [-0.2, -0.15) is 0 Å². The monoisotopic (exact) mass is 1460 g/mol. The molecule has 0 saturated carbocycles. The van der Waals surface area contributed by atoms with Crippen molar-refractivity contribution in [2.45, 2.75) is 0 Å². The van der Waals surface area contributed by atoms with Crippen LogP contribution in [0, 0.1) is 0 Å². The standard InChI is InChI=1S/3C27H20NPS.Ir/c3*30-29(23-12-3-1-4-13-23,24-14-5-2-6-15-24)25-16-9-11-22(20-25)27-26-17-8-7-10-21(26)18-19-28-27;/h3*1-20H;. The minimum atomic E-state index is -2.18. The van der Waals surface area contributed by atoms with Crippen molar-refractivity contribution in [1.29, 1.82) is 0 Å². The summed E-state index contributed by atoms with van der Waals surface area (Å²) >= 11 is 19.5. The fraction of sp³-hybridized carbons (Fsp3) is 0. The average Bonchev–Trinajstić information content (AvgIpc) is 0.899. The van der Waals surface area contributed by atoms with Crippen LogP contribution in [0.4, 0.5) is 0 Å². The molecule has 91 heavy (non-hydrogen) atoms. The van der Waals surface area contributed by atoms with Crippen LogP contribution < -0.4 is 47.7 Å². The maximum absolute atomic E-state index is 6.50. The first-order chi connectivity index (χ1) is 44.3. The van der Waals surface area contributed by atoms with Crippen molar-refractivity contribution in [3.63, 3.8) is 0 Å². The van der Waals surface area contributed by atoms with Crippen LogP contribution >= 0.6 is 18.1 Å². The zero-order chi connectivity index (χ0) is 61.2. The van der Waals surface area contributed by atoms with Crippen LogP contribution in [-0.2, 0) is 55.5 Å². The van der Waals surface area contributed by atoms with E-state index in [1.807, 2.05) is 55.0 Å². The van der Waals surface area contributed by atoms with Crippen LogP contribution in [0.1, 0.15) is 0 Å². The summed E-state index contributed by atoms with van der Waals surface area (Å²) in [5.41, 5.74) is 6.30. The topological polar surface area (TPSA) is 38.7 Å². The molecule has 15 rings (SSSR count). The van der Waals surface area contributed by atoms with Crippen LogP contribution in [0.25, 0.3) is 66.1 Å². The minimum Gasteiger partial charge on any atom is -0.256 e. The molecule has 0 spiro atoms. The number of benzene rings is 12. The van der Waals surface area contributed by atoms with Gasteiger partial charge in [-0.05, 0) is 100 Å². The molecule has 3 nitrogen and oxygen atoms in total. The molecule has 0 N–H and O–H groups in total. The van der Waals surface area contributed by atoms with E-state index in [1.54, 1.807) is 0 Å². The first kappa shape index (κ1) is 62.7. The van der Waals surface area contributed by atoms with Crippen molar-refractivity contribution in [2.24, 2.45) is 0 Å². The van der Waals surface area contributed by atoms with Gasteiger partial charge in [0, 0.05) is 89.7 Å². The number of pyridine rings is 3.